The van der Waals surface area contributed by atoms with E-state index in [0.29, 0.717) is 0 Å². The van der Waals surface area contributed by atoms with Gasteiger partial charge in [0.25, 0.3) is 0 Å². The smallest absolute Gasteiger partial charge is 0.0951 e. The third-order valence-corrected chi connectivity index (χ3v) is 9.54. The summed E-state index contributed by atoms with van der Waals surface area (Å²) in [5, 5.41) is 4.41. The number of rotatable bonds is 11. The Morgan fingerprint density at radius 3 is 1.23 bits per heavy atom. The van der Waals surface area contributed by atoms with Gasteiger partial charge in [0.15, 0.2) is 0 Å². The molecule has 5 aromatic carbocycles. The van der Waals surface area contributed by atoms with Gasteiger partial charge in [-0.05, 0) is 48.3 Å². The molecule has 0 unspecified atom stereocenters. The summed E-state index contributed by atoms with van der Waals surface area (Å²) < 4.78 is 0. The van der Waals surface area contributed by atoms with E-state index >= 15 is 0 Å². The normalized spacial score (nSPS) is 18.8. The Labute approximate surface area is 264 Å². The van der Waals surface area contributed by atoms with Crippen LogP contribution in [0.3, 0.4) is 0 Å². The number of nitrogens with zero attached hydrogens (tertiary/aromatic N) is 2. The predicted molar refractivity (Wildman–Crippen MR) is 183 cm³/mol. The van der Waals surface area contributed by atoms with Crippen molar-refractivity contribution in [2.45, 2.75) is 56.0 Å². The molecule has 1 N–H and O–H groups in total. The number of hydrogen-bond acceptors (Lipinski definition) is 3. The van der Waals surface area contributed by atoms with Gasteiger partial charge in [0, 0.05) is 6.04 Å². The molecule has 0 saturated carbocycles. The summed E-state index contributed by atoms with van der Waals surface area (Å²) in [6, 6.07) is 55.8. The van der Waals surface area contributed by atoms with Crippen LogP contribution in [0.15, 0.2) is 152 Å². The Morgan fingerprint density at radius 1 is 0.545 bits per heavy atom. The first-order valence-corrected chi connectivity index (χ1v) is 16.1. The van der Waals surface area contributed by atoms with Crippen molar-refractivity contribution in [3.05, 3.63) is 179 Å². The maximum Gasteiger partial charge on any atom is 0.0951 e. The van der Waals surface area contributed by atoms with Gasteiger partial charge in [0.05, 0.1) is 23.8 Å². The van der Waals surface area contributed by atoms with Crippen LogP contribution in [0.25, 0.3) is 0 Å². The molecule has 1 aliphatic rings. The molecule has 6 rings (SSSR count). The number of benzene rings is 5. The van der Waals surface area contributed by atoms with Gasteiger partial charge in [-0.1, -0.05) is 171 Å². The average Bonchev–Trinajstić information content (AvgIpc) is 3.36. The molecule has 3 heteroatoms. The molecule has 0 spiro atoms. The fourth-order valence-electron chi connectivity index (χ4n) is 7.58. The highest BCUT2D eigenvalue weighted by atomic mass is 15.5. The molecular weight excluding hydrogens is 534 g/mol. The summed E-state index contributed by atoms with van der Waals surface area (Å²) in [6.45, 7) is 2.30. The van der Waals surface area contributed by atoms with Gasteiger partial charge >= 0.3 is 0 Å². The van der Waals surface area contributed by atoms with Crippen LogP contribution in [0.5, 0.6) is 0 Å². The molecule has 5 aromatic rings. The van der Waals surface area contributed by atoms with Crippen molar-refractivity contribution in [1.82, 2.24) is 15.1 Å². The first kappa shape index (κ1) is 30.0. The van der Waals surface area contributed by atoms with Crippen molar-refractivity contribution in [2.24, 2.45) is 0 Å². The van der Waals surface area contributed by atoms with Crippen LogP contribution in [-0.2, 0) is 5.54 Å². The SMILES string of the molecule is CCCC[C@H](NC(c1ccccc1)(c1ccccc1)c1ccccc1)C1N(C)[C@H](c2ccccc2)[C@@H](c2ccccc2)N1C. The summed E-state index contributed by atoms with van der Waals surface area (Å²) in [4.78, 5) is 5.26. The van der Waals surface area contributed by atoms with Crippen LogP contribution >= 0.6 is 0 Å². The van der Waals surface area contributed by atoms with E-state index in [1.54, 1.807) is 0 Å². The van der Waals surface area contributed by atoms with E-state index in [4.69, 9.17) is 0 Å². The minimum atomic E-state index is -0.531. The van der Waals surface area contributed by atoms with Crippen molar-refractivity contribution in [3.8, 4) is 0 Å². The zero-order valence-electron chi connectivity index (χ0n) is 26.3. The van der Waals surface area contributed by atoms with Crippen LogP contribution in [0, 0.1) is 0 Å². The summed E-state index contributed by atoms with van der Waals surface area (Å²) >= 11 is 0. The average molecular weight is 580 g/mol. The van der Waals surface area contributed by atoms with Crippen LogP contribution in [-0.4, -0.2) is 36.1 Å². The lowest BCUT2D eigenvalue weighted by Crippen LogP contribution is -2.59. The molecule has 1 aliphatic heterocycles. The Kier molecular flexibility index (Phi) is 9.37. The Balaban J connectivity index is 1.52. The molecule has 3 atom stereocenters. The maximum atomic E-state index is 4.41. The van der Waals surface area contributed by atoms with E-state index in [1.807, 2.05) is 0 Å². The van der Waals surface area contributed by atoms with Gasteiger partial charge < -0.3 is 0 Å². The minimum Gasteiger partial charge on any atom is -0.294 e. The van der Waals surface area contributed by atoms with Gasteiger partial charge in [-0.3, -0.25) is 15.1 Å². The monoisotopic (exact) mass is 579 g/mol. The lowest BCUT2D eigenvalue weighted by molar-refractivity contribution is 0.0991. The van der Waals surface area contributed by atoms with Crippen molar-refractivity contribution in [2.75, 3.05) is 14.1 Å². The van der Waals surface area contributed by atoms with E-state index in [-0.39, 0.29) is 24.3 Å². The number of unbranched alkanes of at least 4 members (excludes halogenated alkanes) is 1. The summed E-state index contributed by atoms with van der Waals surface area (Å²) in [5.41, 5.74) is 5.93. The molecule has 1 saturated heterocycles. The molecule has 44 heavy (non-hydrogen) atoms. The highest BCUT2D eigenvalue weighted by molar-refractivity contribution is 5.50. The van der Waals surface area contributed by atoms with Gasteiger partial charge in [0.1, 0.15) is 0 Å². The Morgan fingerprint density at radius 2 is 0.886 bits per heavy atom. The maximum absolute atomic E-state index is 4.41. The van der Waals surface area contributed by atoms with Crippen molar-refractivity contribution >= 4 is 0 Å². The first-order valence-electron chi connectivity index (χ1n) is 16.1. The predicted octanol–water partition coefficient (Wildman–Crippen LogP) is 8.81. The number of hydrogen-bond donors (Lipinski definition) is 1. The molecule has 0 aliphatic carbocycles. The summed E-state index contributed by atoms with van der Waals surface area (Å²) in [7, 11) is 4.66. The van der Waals surface area contributed by atoms with Crippen LogP contribution in [0.2, 0.25) is 0 Å². The first-order chi connectivity index (χ1) is 21.6. The lowest BCUT2D eigenvalue weighted by atomic mass is 9.76. The van der Waals surface area contributed by atoms with Crippen molar-refractivity contribution < 1.29 is 0 Å². The molecule has 224 valence electrons. The Bertz CT molecular complexity index is 1410. The Hall–Kier alpha value is -4.02. The zero-order valence-corrected chi connectivity index (χ0v) is 26.3. The fraction of sp³-hybridized carbons (Fsp3) is 0.268. The van der Waals surface area contributed by atoms with E-state index in [0.717, 1.165) is 19.3 Å². The van der Waals surface area contributed by atoms with E-state index in [2.05, 4.69) is 188 Å². The van der Waals surface area contributed by atoms with Gasteiger partial charge in [-0.25, -0.2) is 0 Å². The zero-order chi connectivity index (χ0) is 30.4. The van der Waals surface area contributed by atoms with Gasteiger partial charge in [0.2, 0.25) is 0 Å². The quantitative estimate of drug-likeness (QED) is 0.158. The standard InChI is InChI=1S/C41H45N3/c1-4-5-31-37(40-43(2)38(32-21-11-6-12-22-32)39(44(40)3)33-23-13-7-14-24-33)42-41(34-25-15-8-16-26-34,35-27-17-9-18-28-35)36-29-19-10-20-30-36/h6-30,37-40,42H,4-5,31H2,1-3H3/t37-,38+,39+/m0/s1. The van der Waals surface area contributed by atoms with Gasteiger partial charge in [-0.15, -0.1) is 0 Å². The molecular formula is C41H45N3. The highest BCUT2D eigenvalue weighted by Crippen LogP contribution is 2.47. The van der Waals surface area contributed by atoms with Crippen molar-refractivity contribution in [1.29, 1.82) is 0 Å². The minimum absolute atomic E-state index is 0.160. The number of likely N-dealkylation sites (N-methyl/N-ethyl adjacent to an activating group) is 2. The van der Waals surface area contributed by atoms with E-state index in [9.17, 15) is 0 Å². The second kappa shape index (κ2) is 13.7. The van der Waals surface area contributed by atoms with Crippen molar-refractivity contribution in [3.63, 3.8) is 0 Å². The third-order valence-electron chi connectivity index (χ3n) is 9.54. The second-order valence-electron chi connectivity index (χ2n) is 12.2. The molecule has 0 radical (unpaired) electrons. The van der Waals surface area contributed by atoms with E-state index < -0.39 is 5.54 Å². The summed E-state index contributed by atoms with van der Waals surface area (Å²) in [6.07, 6.45) is 3.52. The molecule has 0 aromatic heterocycles. The number of nitrogens with one attached hydrogen (secondary N) is 1. The van der Waals surface area contributed by atoms with Crippen LogP contribution in [0.4, 0.5) is 0 Å². The molecule has 1 fully saturated rings. The molecule has 0 bridgehead atoms. The largest absolute Gasteiger partial charge is 0.294 e. The molecule has 3 nitrogen and oxygen atoms in total. The van der Waals surface area contributed by atoms with Gasteiger partial charge in [-0.2, -0.15) is 0 Å². The van der Waals surface area contributed by atoms with Crippen LogP contribution < -0.4 is 5.32 Å². The lowest BCUT2D eigenvalue weighted by Gasteiger charge is -2.44. The molecule has 0 amide bonds. The summed E-state index contributed by atoms with van der Waals surface area (Å²) in [5.74, 6) is 0. The fourth-order valence-corrected chi connectivity index (χ4v) is 7.58. The topological polar surface area (TPSA) is 18.5 Å². The second-order valence-corrected chi connectivity index (χ2v) is 12.2. The van der Waals surface area contributed by atoms with E-state index in [1.165, 1.54) is 27.8 Å². The highest BCUT2D eigenvalue weighted by Gasteiger charge is 2.49. The molecule has 1 heterocycles. The third kappa shape index (κ3) is 5.76. The van der Waals surface area contributed by atoms with Crippen LogP contribution in [0.1, 0.15) is 66.1 Å².